The Morgan fingerprint density at radius 3 is 2.44 bits per heavy atom. The highest BCUT2D eigenvalue weighted by atomic mass is 35.5. The molecule has 1 atom stereocenters. The van der Waals surface area contributed by atoms with Gasteiger partial charge in [-0.3, -0.25) is 14.4 Å². The number of hydrogen-bond donors (Lipinski definition) is 2. The van der Waals surface area contributed by atoms with Crippen LogP contribution in [-0.4, -0.2) is 48.3 Å². The summed E-state index contributed by atoms with van der Waals surface area (Å²) in [7, 11) is 0. The van der Waals surface area contributed by atoms with Crippen LogP contribution in [0.25, 0.3) is 0 Å². The van der Waals surface area contributed by atoms with Crippen LogP contribution < -0.4 is 10.6 Å². The Morgan fingerprint density at radius 2 is 1.78 bits per heavy atom. The number of benzene rings is 1. The first-order chi connectivity index (χ1) is 12.9. The summed E-state index contributed by atoms with van der Waals surface area (Å²) in [6.45, 7) is 3.40. The normalized spacial score (nSPS) is 15.6. The first-order valence-electron chi connectivity index (χ1n) is 9.20. The van der Waals surface area contributed by atoms with Crippen LogP contribution in [0.3, 0.4) is 0 Å². The molecule has 1 aromatic rings. The smallest absolute Gasteiger partial charge is 0.253 e. The van der Waals surface area contributed by atoms with Crippen LogP contribution in [0.5, 0.6) is 0 Å². The second kappa shape index (κ2) is 10.5. The second-order valence-corrected chi connectivity index (χ2v) is 7.42. The van der Waals surface area contributed by atoms with Gasteiger partial charge in [-0.05, 0) is 31.9 Å². The molecule has 2 rings (SSSR count). The zero-order valence-corrected chi connectivity index (χ0v) is 16.9. The van der Waals surface area contributed by atoms with Gasteiger partial charge in [0.2, 0.25) is 11.8 Å². The lowest BCUT2D eigenvalue weighted by molar-refractivity contribution is -0.131. The van der Waals surface area contributed by atoms with Gasteiger partial charge in [0.1, 0.15) is 6.04 Å². The van der Waals surface area contributed by atoms with Gasteiger partial charge in [-0.1, -0.05) is 42.1 Å². The maximum Gasteiger partial charge on any atom is 0.253 e. The van der Waals surface area contributed by atoms with E-state index in [0.717, 1.165) is 38.8 Å². The highest BCUT2D eigenvalue weighted by Gasteiger charge is 2.20. The molecule has 1 heterocycles. The molecule has 0 bridgehead atoms. The van der Waals surface area contributed by atoms with Crippen molar-refractivity contribution < 1.29 is 14.4 Å². The van der Waals surface area contributed by atoms with Crippen molar-refractivity contribution in [3.8, 4) is 0 Å². The van der Waals surface area contributed by atoms with Gasteiger partial charge >= 0.3 is 0 Å². The molecule has 1 fully saturated rings. The topological polar surface area (TPSA) is 78.5 Å². The largest absolute Gasteiger partial charge is 0.354 e. The Bertz CT molecular complexity index is 689. The molecule has 1 aliphatic heterocycles. The molecule has 0 radical (unpaired) electrons. The first kappa shape index (κ1) is 21.5. The minimum absolute atomic E-state index is 0.0552. The summed E-state index contributed by atoms with van der Waals surface area (Å²) < 4.78 is 0. The van der Waals surface area contributed by atoms with Gasteiger partial charge in [-0.25, -0.2) is 0 Å². The first-order valence-corrected chi connectivity index (χ1v) is 9.96. The summed E-state index contributed by atoms with van der Waals surface area (Å²) >= 11 is 11.9. The quantitative estimate of drug-likeness (QED) is 0.751. The number of likely N-dealkylation sites (tertiary alicyclic amines) is 1. The molecule has 0 saturated carbocycles. The lowest BCUT2D eigenvalue weighted by atomic mass is 10.2. The number of amides is 3. The highest BCUT2D eigenvalue weighted by molar-refractivity contribution is 6.43. The van der Waals surface area contributed by atoms with Gasteiger partial charge in [-0.2, -0.15) is 0 Å². The summed E-state index contributed by atoms with van der Waals surface area (Å²) in [4.78, 5) is 38.5. The molecule has 6 nitrogen and oxygen atoms in total. The number of carbonyl (C=O) groups excluding carboxylic acids is 3. The van der Waals surface area contributed by atoms with E-state index >= 15 is 0 Å². The fourth-order valence-corrected chi connectivity index (χ4v) is 3.33. The highest BCUT2D eigenvalue weighted by Crippen LogP contribution is 2.25. The molecule has 2 N–H and O–H groups in total. The third kappa shape index (κ3) is 6.40. The molecule has 8 heteroatoms. The number of halogens is 2. The number of nitrogens with zero attached hydrogens (tertiary/aromatic N) is 1. The van der Waals surface area contributed by atoms with E-state index in [2.05, 4.69) is 10.6 Å². The molecule has 148 valence electrons. The van der Waals surface area contributed by atoms with Crippen LogP contribution in [0.1, 0.15) is 49.4 Å². The van der Waals surface area contributed by atoms with E-state index in [9.17, 15) is 14.4 Å². The summed E-state index contributed by atoms with van der Waals surface area (Å²) in [5.41, 5.74) is 0.208. The maximum absolute atomic E-state index is 12.3. The predicted octanol–water partition coefficient (Wildman–Crippen LogP) is 3.02. The van der Waals surface area contributed by atoms with E-state index in [1.165, 1.54) is 6.07 Å². The monoisotopic (exact) mass is 413 g/mol. The van der Waals surface area contributed by atoms with Crippen molar-refractivity contribution in [2.75, 3.05) is 19.6 Å². The van der Waals surface area contributed by atoms with E-state index in [4.69, 9.17) is 23.2 Å². The molecule has 3 amide bonds. The van der Waals surface area contributed by atoms with Crippen molar-refractivity contribution >= 4 is 40.9 Å². The Morgan fingerprint density at radius 1 is 1.11 bits per heavy atom. The molecule has 1 aromatic carbocycles. The standard InChI is InChI=1S/C19H25Cl2N3O3/c1-13(23-19(27)14-7-6-8-15(20)17(14)21)18(26)22-10-9-16(25)24-11-4-2-3-5-12-24/h6-8,13H,2-5,9-12H2,1H3,(H,22,26)(H,23,27). The lowest BCUT2D eigenvalue weighted by Gasteiger charge is -2.20. The van der Waals surface area contributed by atoms with Crippen molar-refractivity contribution in [2.45, 2.75) is 45.1 Å². The van der Waals surface area contributed by atoms with E-state index in [0.29, 0.717) is 0 Å². The third-order valence-electron chi connectivity index (χ3n) is 4.53. The van der Waals surface area contributed by atoms with Gasteiger partial charge in [0.15, 0.2) is 0 Å². The SMILES string of the molecule is CC(NC(=O)c1cccc(Cl)c1Cl)C(=O)NCCC(=O)N1CCCCCC1. The number of carbonyl (C=O) groups is 3. The Labute approximate surface area is 169 Å². The minimum atomic E-state index is -0.763. The van der Waals surface area contributed by atoms with E-state index in [1.807, 2.05) is 4.90 Å². The van der Waals surface area contributed by atoms with Crippen LogP contribution in [0, 0.1) is 0 Å². The fourth-order valence-electron chi connectivity index (χ4n) is 2.94. The molecule has 1 unspecified atom stereocenters. The Kier molecular flexibility index (Phi) is 8.38. The van der Waals surface area contributed by atoms with Crippen LogP contribution in [0.4, 0.5) is 0 Å². The zero-order chi connectivity index (χ0) is 19.8. The Balaban J connectivity index is 1.77. The van der Waals surface area contributed by atoms with Gasteiger partial charge in [-0.15, -0.1) is 0 Å². The third-order valence-corrected chi connectivity index (χ3v) is 5.35. The van der Waals surface area contributed by atoms with E-state index in [-0.39, 0.29) is 40.4 Å². The average molecular weight is 414 g/mol. The fraction of sp³-hybridized carbons (Fsp3) is 0.526. The van der Waals surface area contributed by atoms with Crippen molar-refractivity contribution in [1.29, 1.82) is 0 Å². The van der Waals surface area contributed by atoms with Crippen molar-refractivity contribution in [2.24, 2.45) is 0 Å². The van der Waals surface area contributed by atoms with E-state index < -0.39 is 11.9 Å². The summed E-state index contributed by atoms with van der Waals surface area (Å²) in [5, 5.41) is 5.69. The van der Waals surface area contributed by atoms with Gasteiger partial charge < -0.3 is 15.5 Å². The van der Waals surface area contributed by atoms with Gasteiger partial charge in [0, 0.05) is 26.1 Å². The maximum atomic E-state index is 12.3. The predicted molar refractivity (Wildman–Crippen MR) is 106 cm³/mol. The second-order valence-electron chi connectivity index (χ2n) is 6.63. The van der Waals surface area contributed by atoms with Gasteiger partial charge in [0.25, 0.3) is 5.91 Å². The van der Waals surface area contributed by atoms with Crippen molar-refractivity contribution in [1.82, 2.24) is 15.5 Å². The molecule has 1 saturated heterocycles. The van der Waals surface area contributed by atoms with Gasteiger partial charge in [0.05, 0.1) is 15.6 Å². The summed E-state index contributed by atoms with van der Waals surface area (Å²) in [6, 6.07) is 3.97. The van der Waals surface area contributed by atoms with Crippen molar-refractivity contribution in [3.05, 3.63) is 33.8 Å². The van der Waals surface area contributed by atoms with Crippen LogP contribution >= 0.6 is 23.2 Å². The molecule has 27 heavy (non-hydrogen) atoms. The number of nitrogens with one attached hydrogen (secondary N) is 2. The van der Waals surface area contributed by atoms with Crippen LogP contribution in [-0.2, 0) is 9.59 Å². The zero-order valence-electron chi connectivity index (χ0n) is 15.4. The summed E-state index contributed by atoms with van der Waals surface area (Å²) in [5.74, 6) is -0.782. The van der Waals surface area contributed by atoms with Crippen LogP contribution in [0.15, 0.2) is 18.2 Å². The number of hydrogen-bond acceptors (Lipinski definition) is 3. The molecule has 1 aliphatic rings. The van der Waals surface area contributed by atoms with Crippen LogP contribution in [0.2, 0.25) is 10.0 Å². The molecule has 0 aliphatic carbocycles. The number of rotatable bonds is 6. The molecular formula is C19H25Cl2N3O3. The minimum Gasteiger partial charge on any atom is -0.354 e. The molecule has 0 spiro atoms. The van der Waals surface area contributed by atoms with Crippen molar-refractivity contribution in [3.63, 3.8) is 0 Å². The molecular weight excluding hydrogens is 389 g/mol. The average Bonchev–Trinajstić information content (AvgIpc) is 2.93. The lowest BCUT2D eigenvalue weighted by Crippen LogP contribution is -2.45. The summed E-state index contributed by atoms with van der Waals surface area (Å²) in [6.07, 6.45) is 4.65. The molecule has 0 aromatic heterocycles. The Hall–Kier alpha value is -1.79. The van der Waals surface area contributed by atoms with E-state index in [1.54, 1.807) is 19.1 Å².